The fraction of sp³-hybridized carbons (Fsp3) is 0.273. The number of nitro benzene ring substituents is 1. The molecule has 0 saturated carbocycles. The van der Waals surface area contributed by atoms with Crippen LogP contribution < -0.4 is 5.30 Å². The van der Waals surface area contributed by atoms with Crippen LogP contribution in [0, 0.1) is 10.1 Å². The van der Waals surface area contributed by atoms with Crippen molar-refractivity contribution < 1.29 is 14.6 Å². The Hall–Kier alpha value is -1.45. The van der Waals surface area contributed by atoms with E-state index in [9.17, 15) is 19.8 Å². The maximum atomic E-state index is 12.6. The maximum Gasteiger partial charge on any atom is 0.270 e. The van der Waals surface area contributed by atoms with Crippen LogP contribution in [0.15, 0.2) is 36.2 Å². The zero-order chi connectivity index (χ0) is 12.6. The van der Waals surface area contributed by atoms with Crippen molar-refractivity contribution in [1.29, 1.82) is 0 Å². The Labute approximate surface area is 98.3 Å². The van der Waals surface area contributed by atoms with Gasteiger partial charge in [-0.2, -0.15) is 0 Å². The van der Waals surface area contributed by atoms with Crippen molar-refractivity contribution in [3.8, 4) is 0 Å². The normalized spacial score (nSPS) is 28.3. The fourth-order valence-electron chi connectivity index (χ4n) is 1.98. The number of aliphatic hydroxyl groups is 1. The van der Waals surface area contributed by atoms with Crippen molar-refractivity contribution in [3.05, 3.63) is 46.3 Å². The van der Waals surface area contributed by atoms with Crippen molar-refractivity contribution in [2.45, 2.75) is 12.5 Å². The number of non-ortho nitro benzene ring substituents is 1. The summed E-state index contributed by atoms with van der Waals surface area (Å²) < 4.78 is 12.6. The van der Waals surface area contributed by atoms with Gasteiger partial charge in [0.15, 0.2) is 0 Å². The molecule has 5 nitrogen and oxygen atoms in total. The first kappa shape index (κ1) is 12.0. The zero-order valence-electron chi connectivity index (χ0n) is 9.07. The van der Waals surface area contributed by atoms with Gasteiger partial charge in [-0.05, 0) is 6.42 Å². The predicted molar refractivity (Wildman–Crippen MR) is 65.0 cm³/mol. The van der Waals surface area contributed by atoms with Gasteiger partial charge in [0.05, 0.1) is 11.0 Å². The van der Waals surface area contributed by atoms with Crippen LogP contribution >= 0.6 is 7.14 Å². The number of hydrogen-bond donors (Lipinski definition) is 1. The average Bonchev–Trinajstić information content (AvgIpc) is 2.59. The van der Waals surface area contributed by atoms with Gasteiger partial charge in [0.25, 0.3) is 5.69 Å². The summed E-state index contributed by atoms with van der Waals surface area (Å²) >= 11 is 0. The van der Waals surface area contributed by atoms with E-state index in [-0.39, 0.29) is 5.69 Å². The van der Waals surface area contributed by atoms with E-state index in [0.717, 1.165) is 0 Å². The molecule has 0 radical (unpaired) electrons. The van der Waals surface area contributed by atoms with Crippen LogP contribution in [-0.2, 0) is 4.57 Å². The number of hydrogen-bond acceptors (Lipinski definition) is 4. The quantitative estimate of drug-likeness (QED) is 0.495. The minimum Gasteiger partial charge on any atom is -0.388 e. The van der Waals surface area contributed by atoms with Crippen molar-refractivity contribution in [2.24, 2.45) is 0 Å². The summed E-state index contributed by atoms with van der Waals surface area (Å²) in [4.78, 5) is 10.1. The first-order chi connectivity index (χ1) is 7.95. The van der Waals surface area contributed by atoms with E-state index in [2.05, 4.69) is 6.58 Å². The highest BCUT2D eigenvalue weighted by atomic mass is 31.2. The molecule has 0 spiro atoms. The van der Waals surface area contributed by atoms with E-state index >= 15 is 0 Å². The lowest BCUT2D eigenvalue weighted by Gasteiger charge is -2.13. The van der Waals surface area contributed by atoms with Gasteiger partial charge < -0.3 is 9.67 Å². The van der Waals surface area contributed by atoms with E-state index in [1.54, 1.807) is 6.07 Å². The van der Waals surface area contributed by atoms with Crippen molar-refractivity contribution in [3.63, 3.8) is 0 Å². The van der Waals surface area contributed by atoms with Gasteiger partial charge in [-0.3, -0.25) is 10.1 Å². The smallest absolute Gasteiger partial charge is 0.270 e. The fourth-order valence-corrected chi connectivity index (χ4v) is 4.74. The lowest BCUT2D eigenvalue weighted by Crippen LogP contribution is -2.08. The molecule has 0 amide bonds. The lowest BCUT2D eigenvalue weighted by molar-refractivity contribution is -0.384. The predicted octanol–water partition coefficient (Wildman–Crippen LogP) is 1.86. The molecule has 1 heterocycles. The van der Waals surface area contributed by atoms with Crippen LogP contribution in [0.1, 0.15) is 6.42 Å². The molecule has 1 aromatic carbocycles. The third-order valence-electron chi connectivity index (χ3n) is 3.02. The number of aliphatic hydroxyl groups excluding tert-OH is 1. The Kier molecular flexibility index (Phi) is 2.89. The highest BCUT2D eigenvalue weighted by Crippen LogP contribution is 2.59. The Morgan fingerprint density at radius 2 is 2.24 bits per heavy atom. The monoisotopic (exact) mass is 253 g/mol. The Morgan fingerprint density at radius 3 is 2.76 bits per heavy atom. The second-order valence-corrected chi connectivity index (χ2v) is 7.05. The molecule has 0 aromatic heterocycles. The van der Waals surface area contributed by atoms with Gasteiger partial charge in [-0.15, -0.1) is 0 Å². The Bertz CT molecular complexity index is 540. The van der Waals surface area contributed by atoms with Crippen LogP contribution in [0.25, 0.3) is 0 Å². The number of nitro groups is 1. The molecule has 1 aliphatic heterocycles. The molecule has 1 saturated heterocycles. The Balaban J connectivity index is 2.48. The van der Waals surface area contributed by atoms with Gasteiger partial charge in [-0.25, -0.2) is 0 Å². The summed E-state index contributed by atoms with van der Waals surface area (Å²) in [6, 6.07) is 5.76. The maximum absolute atomic E-state index is 12.6. The van der Waals surface area contributed by atoms with E-state index in [0.29, 0.717) is 23.2 Å². The minimum atomic E-state index is -2.89. The summed E-state index contributed by atoms with van der Waals surface area (Å²) in [5.74, 6) is 0. The highest BCUT2D eigenvalue weighted by molar-refractivity contribution is 7.75. The zero-order valence-corrected chi connectivity index (χ0v) is 9.97. The van der Waals surface area contributed by atoms with Crippen LogP contribution in [0.2, 0.25) is 0 Å². The van der Waals surface area contributed by atoms with Gasteiger partial charge >= 0.3 is 0 Å². The first-order valence-corrected chi connectivity index (χ1v) is 7.06. The molecule has 1 unspecified atom stereocenters. The van der Waals surface area contributed by atoms with E-state index < -0.39 is 18.2 Å². The molecule has 0 bridgehead atoms. The summed E-state index contributed by atoms with van der Waals surface area (Å²) in [5, 5.41) is 20.9. The minimum absolute atomic E-state index is 0.0908. The summed E-state index contributed by atoms with van der Waals surface area (Å²) in [6.45, 7) is 3.66. The number of rotatable bonds is 2. The molecule has 0 aliphatic carbocycles. The molecule has 2 rings (SSSR count). The van der Waals surface area contributed by atoms with Gasteiger partial charge in [0, 0.05) is 28.9 Å². The van der Waals surface area contributed by atoms with Crippen molar-refractivity contribution >= 4 is 18.1 Å². The largest absolute Gasteiger partial charge is 0.388 e. The second kappa shape index (κ2) is 4.09. The molecule has 17 heavy (non-hydrogen) atoms. The Morgan fingerprint density at radius 1 is 1.53 bits per heavy atom. The highest BCUT2D eigenvalue weighted by Gasteiger charge is 2.39. The lowest BCUT2D eigenvalue weighted by atomic mass is 10.3. The topological polar surface area (TPSA) is 80.4 Å². The van der Waals surface area contributed by atoms with Crippen molar-refractivity contribution in [2.75, 3.05) is 6.16 Å². The van der Waals surface area contributed by atoms with E-state index in [1.165, 1.54) is 18.2 Å². The molecule has 6 heteroatoms. The SMILES string of the molecule is C=C1C(O)CC[P@@]1(=O)c1cccc([N+](=O)[O-])c1. The molecule has 1 aromatic rings. The summed E-state index contributed by atoms with van der Waals surface area (Å²) in [7, 11) is -2.89. The molecule has 90 valence electrons. The van der Waals surface area contributed by atoms with Gasteiger partial charge in [-0.1, -0.05) is 18.7 Å². The number of nitrogens with zero attached hydrogens (tertiary/aromatic N) is 1. The molecule has 1 aliphatic rings. The molecular formula is C11H12NO4P. The van der Waals surface area contributed by atoms with Crippen molar-refractivity contribution in [1.82, 2.24) is 0 Å². The second-order valence-electron chi connectivity index (χ2n) is 4.04. The standard InChI is InChI=1S/C11H12NO4P/c1-8-11(13)5-6-17(8,16)10-4-2-3-9(7-10)12(14)15/h2-4,7,11,13H,1,5-6H2/t11?,17-/m0/s1. The van der Waals surface area contributed by atoms with Gasteiger partial charge in [0.1, 0.15) is 7.14 Å². The van der Waals surface area contributed by atoms with Crippen LogP contribution in [0.3, 0.4) is 0 Å². The third kappa shape index (κ3) is 1.92. The molecule has 1 N–H and O–H groups in total. The average molecular weight is 253 g/mol. The summed E-state index contributed by atoms with van der Waals surface area (Å²) in [6.07, 6.45) is -0.0347. The first-order valence-electron chi connectivity index (χ1n) is 5.16. The van der Waals surface area contributed by atoms with Crippen LogP contribution in [0.4, 0.5) is 5.69 Å². The van der Waals surface area contributed by atoms with Crippen LogP contribution in [0.5, 0.6) is 0 Å². The molecule has 1 fully saturated rings. The van der Waals surface area contributed by atoms with E-state index in [4.69, 9.17) is 0 Å². The van der Waals surface area contributed by atoms with E-state index in [1.807, 2.05) is 0 Å². The van der Waals surface area contributed by atoms with Crippen LogP contribution in [-0.4, -0.2) is 22.3 Å². The summed E-state index contributed by atoms with van der Waals surface area (Å²) in [5.41, 5.74) is -0.0908. The molecule has 2 atom stereocenters. The number of benzene rings is 1. The molecular weight excluding hydrogens is 241 g/mol. The van der Waals surface area contributed by atoms with Gasteiger partial charge in [0.2, 0.25) is 0 Å². The third-order valence-corrected chi connectivity index (χ3v) is 6.25.